The van der Waals surface area contributed by atoms with E-state index in [0.717, 1.165) is 44.8 Å². The second kappa shape index (κ2) is 9.03. The van der Waals surface area contributed by atoms with Crippen molar-refractivity contribution in [3.63, 3.8) is 0 Å². The number of aryl methyl sites for hydroxylation is 1. The van der Waals surface area contributed by atoms with E-state index in [4.69, 9.17) is 4.74 Å². The second-order valence-corrected chi connectivity index (χ2v) is 5.97. The number of imidazole rings is 1. The summed E-state index contributed by atoms with van der Waals surface area (Å²) in [6.07, 6.45) is 9.76. The van der Waals surface area contributed by atoms with E-state index in [0.29, 0.717) is 6.54 Å². The molecule has 1 aromatic heterocycles. The minimum absolute atomic E-state index is 0.0668. The largest absolute Gasteiger partial charge is 0.378 e. The highest BCUT2D eigenvalue weighted by atomic mass is 16.5. The van der Waals surface area contributed by atoms with Crippen molar-refractivity contribution in [2.75, 3.05) is 37.7 Å². The van der Waals surface area contributed by atoms with Crippen molar-refractivity contribution in [3.8, 4) is 0 Å². The first-order chi connectivity index (χ1) is 12.3. The van der Waals surface area contributed by atoms with Crippen LogP contribution in [-0.2, 0) is 16.1 Å². The zero-order valence-corrected chi connectivity index (χ0v) is 14.3. The summed E-state index contributed by atoms with van der Waals surface area (Å²) >= 11 is 0. The highest BCUT2D eigenvalue weighted by Crippen LogP contribution is 2.17. The number of ether oxygens (including phenoxy) is 1. The number of morpholine rings is 1. The third-order valence-corrected chi connectivity index (χ3v) is 4.15. The molecule has 3 rings (SSSR count). The SMILES string of the molecule is O=C(C=Cc1ccc(N2CCOCC2)cc1)NCCCn1ccnc1. The predicted octanol–water partition coefficient (Wildman–Crippen LogP) is 1.94. The number of anilines is 1. The van der Waals surface area contributed by atoms with Crippen LogP contribution in [0.3, 0.4) is 0 Å². The van der Waals surface area contributed by atoms with Crippen molar-refractivity contribution in [2.45, 2.75) is 13.0 Å². The molecule has 1 aromatic carbocycles. The average molecular weight is 340 g/mol. The van der Waals surface area contributed by atoms with Crippen LogP contribution in [0.25, 0.3) is 6.08 Å². The van der Waals surface area contributed by atoms with E-state index < -0.39 is 0 Å². The highest BCUT2D eigenvalue weighted by Gasteiger charge is 2.10. The molecule has 0 saturated carbocycles. The lowest BCUT2D eigenvalue weighted by Gasteiger charge is -2.28. The topological polar surface area (TPSA) is 59.4 Å². The summed E-state index contributed by atoms with van der Waals surface area (Å²) < 4.78 is 7.37. The Hall–Kier alpha value is -2.60. The van der Waals surface area contributed by atoms with Crippen LogP contribution in [0, 0.1) is 0 Å². The number of hydrogen-bond donors (Lipinski definition) is 1. The maximum Gasteiger partial charge on any atom is 0.244 e. The molecule has 0 unspecified atom stereocenters. The summed E-state index contributed by atoms with van der Waals surface area (Å²) in [5.74, 6) is -0.0668. The Bertz CT molecular complexity index is 674. The van der Waals surface area contributed by atoms with Crippen LogP contribution in [0.15, 0.2) is 49.1 Å². The third kappa shape index (κ3) is 5.46. The van der Waals surface area contributed by atoms with Crippen molar-refractivity contribution in [1.82, 2.24) is 14.9 Å². The van der Waals surface area contributed by atoms with Crippen LogP contribution in [0.1, 0.15) is 12.0 Å². The van der Waals surface area contributed by atoms with E-state index in [2.05, 4.69) is 27.3 Å². The molecule has 1 aliphatic rings. The molecule has 0 bridgehead atoms. The Balaban J connectivity index is 1.40. The molecule has 2 heterocycles. The first kappa shape index (κ1) is 17.2. The normalized spacial score (nSPS) is 14.8. The number of benzene rings is 1. The van der Waals surface area contributed by atoms with Crippen LogP contribution in [0.4, 0.5) is 5.69 Å². The molecule has 1 saturated heterocycles. The summed E-state index contributed by atoms with van der Waals surface area (Å²) in [5.41, 5.74) is 2.22. The van der Waals surface area contributed by atoms with Gasteiger partial charge in [0, 0.05) is 50.3 Å². The van der Waals surface area contributed by atoms with Crippen molar-refractivity contribution >= 4 is 17.7 Å². The summed E-state index contributed by atoms with van der Waals surface area (Å²) in [5, 5.41) is 2.90. The lowest BCUT2D eigenvalue weighted by atomic mass is 10.1. The van der Waals surface area contributed by atoms with Gasteiger partial charge in [-0.3, -0.25) is 4.79 Å². The molecule has 1 aliphatic heterocycles. The van der Waals surface area contributed by atoms with Gasteiger partial charge in [0.25, 0.3) is 0 Å². The van der Waals surface area contributed by atoms with Gasteiger partial charge in [-0.05, 0) is 30.2 Å². The smallest absolute Gasteiger partial charge is 0.244 e. The van der Waals surface area contributed by atoms with Gasteiger partial charge in [-0.25, -0.2) is 4.98 Å². The highest BCUT2D eigenvalue weighted by molar-refractivity contribution is 5.91. The predicted molar refractivity (Wildman–Crippen MR) is 98.4 cm³/mol. The quantitative estimate of drug-likeness (QED) is 0.618. The summed E-state index contributed by atoms with van der Waals surface area (Å²) in [6, 6.07) is 8.25. The van der Waals surface area contributed by atoms with Crippen molar-refractivity contribution in [1.29, 1.82) is 0 Å². The standard InChI is InChI=1S/C19H24N4O2/c24-19(21-8-1-10-22-11-9-20-16-22)7-4-17-2-5-18(6-3-17)23-12-14-25-15-13-23/h2-7,9,11,16H,1,8,10,12-15H2,(H,21,24). The zero-order chi connectivity index (χ0) is 17.3. The fraction of sp³-hybridized carbons (Fsp3) is 0.368. The van der Waals surface area contributed by atoms with E-state index in [1.54, 1.807) is 18.6 Å². The Kier molecular flexibility index (Phi) is 6.23. The maximum atomic E-state index is 11.9. The van der Waals surface area contributed by atoms with Crippen molar-refractivity contribution in [3.05, 3.63) is 54.6 Å². The van der Waals surface area contributed by atoms with Crippen LogP contribution < -0.4 is 10.2 Å². The molecular formula is C19H24N4O2. The average Bonchev–Trinajstić information content (AvgIpc) is 3.18. The first-order valence-electron chi connectivity index (χ1n) is 8.66. The van der Waals surface area contributed by atoms with Gasteiger partial charge in [-0.1, -0.05) is 12.1 Å². The summed E-state index contributed by atoms with van der Waals surface area (Å²) in [6.45, 7) is 4.92. The number of hydrogen-bond acceptors (Lipinski definition) is 4. The number of aromatic nitrogens is 2. The lowest BCUT2D eigenvalue weighted by molar-refractivity contribution is -0.116. The van der Waals surface area contributed by atoms with E-state index in [1.165, 1.54) is 5.69 Å². The summed E-state index contributed by atoms with van der Waals surface area (Å²) in [4.78, 5) is 18.2. The lowest BCUT2D eigenvalue weighted by Crippen LogP contribution is -2.36. The number of nitrogens with one attached hydrogen (secondary N) is 1. The minimum Gasteiger partial charge on any atom is -0.378 e. The van der Waals surface area contributed by atoms with Crippen molar-refractivity contribution in [2.24, 2.45) is 0 Å². The number of rotatable bonds is 7. The van der Waals surface area contributed by atoms with E-state index in [1.807, 2.05) is 29.0 Å². The number of carbonyl (C=O) groups is 1. The molecular weight excluding hydrogens is 316 g/mol. The van der Waals surface area contributed by atoms with Gasteiger partial charge >= 0.3 is 0 Å². The van der Waals surface area contributed by atoms with Crippen molar-refractivity contribution < 1.29 is 9.53 Å². The molecule has 0 spiro atoms. The third-order valence-electron chi connectivity index (χ3n) is 4.15. The van der Waals surface area contributed by atoms with Gasteiger partial charge in [0.2, 0.25) is 5.91 Å². The molecule has 6 nitrogen and oxygen atoms in total. The monoisotopic (exact) mass is 340 g/mol. The minimum atomic E-state index is -0.0668. The Labute approximate surface area is 148 Å². The van der Waals surface area contributed by atoms with Gasteiger partial charge in [0.15, 0.2) is 0 Å². The summed E-state index contributed by atoms with van der Waals surface area (Å²) in [7, 11) is 0. The molecule has 6 heteroatoms. The molecule has 2 aromatic rings. The number of amides is 1. The molecule has 0 atom stereocenters. The first-order valence-corrected chi connectivity index (χ1v) is 8.66. The van der Waals surface area contributed by atoms with Gasteiger partial charge in [-0.2, -0.15) is 0 Å². The van der Waals surface area contributed by atoms with E-state index in [9.17, 15) is 4.79 Å². The van der Waals surface area contributed by atoms with Crippen LogP contribution in [-0.4, -0.2) is 48.3 Å². The van der Waals surface area contributed by atoms with E-state index >= 15 is 0 Å². The van der Waals surface area contributed by atoms with Gasteiger partial charge < -0.3 is 19.5 Å². The zero-order valence-electron chi connectivity index (χ0n) is 14.3. The van der Waals surface area contributed by atoms with Gasteiger partial charge in [-0.15, -0.1) is 0 Å². The number of nitrogens with zero attached hydrogens (tertiary/aromatic N) is 3. The maximum absolute atomic E-state index is 11.9. The van der Waals surface area contributed by atoms with Gasteiger partial charge in [0.1, 0.15) is 0 Å². The molecule has 132 valence electrons. The Morgan fingerprint density at radius 2 is 2.04 bits per heavy atom. The van der Waals surface area contributed by atoms with Crippen LogP contribution in [0.5, 0.6) is 0 Å². The van der Waals surface area contributed by atoms with Gasteiger partial charge in [0.05, 0.1) is 19.5 Å². The molecule has 0 aliphatic carbocycles. The fourth-order valence-corrected chi connectivity index (χ4v) is 2.74. The second-order valence-electron chi connectivity index (χ2n) is 5.97. The van der Waals surface area contributed by atoms with E-state index in [-0.39, 0.29) is 5.91 Å². The molecule has 1 amide bonds. The van der Waals surface area contributed by atoms with Crippen LogP contribution in [0.2, 0.25) is 0 Å². The molecule has 1 fully saturated rings. The number of carbonyl (C=O) groups excluding carboxylic acids is 1. The fourth-order valence-electron chi connectivity index (χ4n) is 2.74. The Morgan fingerprint density at radius 1 is 1.24 bits per heavy atom. The molecule has 25 heavy (non-hydrogen) atoms. The molecule has 0 radical (unpaired) electrons. The molecule has 1 N–H and O–H groups in total. The van der Waals surface area contributed by atoms with Crippen LogP contribution >= 0.6 is 0 Å². The Morgan fingerprint density at radius 3 is 2.76 bits per heavy atom.